The van der Waals surface area contributed by atoms with Crippen LogP contribution in [-0.4, -0.2) is 58.4 Å². The number of hydrogen-bond donors (Lipinski definition) is 0. The average Bonchev–Trinajstić information content (AvgIpc) is 3.53. The van der Waals surface area contributed by atoms with Crippen LogP contribution in [0.2, 0.25) is 0 Å². The van der Waals surface area contributed by atoms with Crippen LogP contribution in [0, 0.1) is 11.8 Å². The maximum Gasteiger partial charge on any atom is 0.254 e. The summed E-state index contributed by atoms with van der Waals surface area (Å²) >= 11 is 0. The predicted octanol–water partition coefficient (Wildman–Crippen LogP) is 2.41. The van der Waals surface area contributed by atoms with Gasteiger partial charge in [-0.05, 0) is 49.1 Å². The summed E-state index contributed by atoms with van der Waals surface area (Å²) in [5, 5.41) is 0. The number of rotatable bonds is 4. The molecule has 3 aliphatic rings. The van der Waals surface area contributed by atoms with Crippen molar-refractivity contribution >= 4 is 11.8 Å². The standard InChI is InChI=1S/C21H29N3O3/c1-14(2)15-7-10-23(11-8-15)21(26)20-19(16-4-3-9-22-12-16)24(17-5-6-17)18(25)13-27-20/h3-4,9,12,14-15,17,19-20H,5-8,10-11,13H2,1-2H3. The Kier molecular flexibility index (Phi) is 5.17. The molecule has 2 saturated heterocycles. The fourth-order valence-electron chi connectivity index (χ4n) is 4.47. The van der Waals surface area contributed by atoms with Gasteiger partial charge in [0.2, 0.25) is 5.91 Å². The molecule has 1 aromatic rings. The van der Waals surface area contributed by atoms with Crippen molar-refractivity contribution in [1.82, 2.24) is 14.8 Å². The van der Waals surface area contributed by atoms with E-state index in [1.54, 1.807) is 12.4 Å². The van der Waals surface area contributed by atoms with Crippen molar-refractivity contribution in [3.05, 3.63) is 30.1 Å². The summed E-state index contributed by atoms with van der Waals surface area (Å²) in [5.74, 6) is 1.33. The summed E-state index contributed by atoms with van der Waals surface area (Å²) in [6.45, 7) is 6.05. The molecule has 1 saturated carbocycles. The second-order valence-electron chi connectivity index (χ2n) is 8.40. The molecule has 3 fully saturated rings. The average molecular weight is 371 g/mol. The van der Waals surface area contributed by atoms with Crippen LogP contribution in [0.25, 0.3) is 0 Å². The highest BCUT2D eigenvalue weighted by atomic mass is 16.5. The number of aromatic nitrogens is 1. The van der Waals surface area contributed by atoms with E-state index >= 15 is 0 Å². The van der Waals surface area contributed by atoms with E-state index in [0.29, 0.717) is 11.8 Å². The van der Waals surface area contributed by atoms with Crippen molar-refractivity contribution < 1.29 is 14.3 Å². The second kappa shape index (κ2) is 7.58. The summed E-state index contributed by atoms with van der Waals surface area (Å²) in [7, 11) is 0. The van der Waals surface area contributed by atoms with Crippen molar-refractivity contribution in [3.8, 4) is 0 Å². The van der Waals surface area contributed by atoms with Gasteiger partial charge in [0.1, 0.15) is 6.61 Å². The molecule has 2 aliphatic heterocycles. The number of amides is 2. The van der Waals surface area contributed by atoms with Gasteiger partial charge < -0.3 is 14.5 Å². The zero-order valence-corrected chi connectivity index (χ0v) is 16.2. The van der Waals surface area contributed by atoms with Gasteiger partial charge in [-0.25, -0.2) is 0 Å². The Morgan fingerprint density at radius 1 is 1.22 bits per heavy atom. The van der Waals surface area contributed by atoms with E-state index in [1.165, 1.54) is 0 Å². The molecule has 1 aliphatic carbocycles. The van der Waals surface area contributed by atoms with Crippen LogP contribution in [0.4, 0.5) is 0 Å². The highest BCUT2D eigenvalue weighted by Gasteiger charge is 2.48. The summed E-state index contributed by atoms with van der Waals surface area (Å²) in [6, 6.07) is 3.66. The van der Waals surface area contributed by atoms with Crippen LogP contribution in [-0.2, 0) is 14.3 Å². The van der Waals surface area contributed by atoms with E-state index in [4.69, 9.17) is 4.74 Å². The Bertz CT molecular complexity index is 681. The van der Waals surface area contributed by atoms with E-state index in [-0.39, 0.29) is 30.5 Å². The molecule has 2 atom stereocenters. The van der Waals surface area contributed by atoms with Gasteiger partial charge in [-0.1, -0.05) is 19.9 Å². The zero-order chi connectivity index (χ0) is 19.0. The third-order valence-corrected chi connectivity index (χ3v) is 6.26. The second-order valence-corrected chi connectivity index (χ2v) is 8.40. The topological polar surface area (TPSA) is 62.7 Å². The first kappa shape index (κ1) is 18.4. The smallest absolute Gasteiger partial charge is 0.254 e. The lowest BCUT2D eigenvalue weighted by atomic mass is 9.86. The maximum atomic E-state index is 13.4. The molecule has 0 radical (unpaired) electrons. The first-order valence-electron chi connectivity index (χ1n) is 10.2. The number of piperidine rings is 1. The number of likely N-dealkylation sites (tertiary alicyclic amines) is 1. The van der Waals surface area contributed by atoms with Crippen LogP contribution in [0.5, 0.6) is 0 Å². The molecule has 3 heterocycles. The van der Waals surface area contributed by atoms with E-state index in [1.807, 2.05) is 21.9 Å². The molecule has 6 nitrogen and oxygen atoms in total. The number of carbonyl (C=O) groups excluding carboxylic acids is 2. The van der Waals surface area contributed by atoms with E-state index in [9.17, 15) is 9.59 Å². The molecule has 0 bridgehead atoms. The number of pyridine rings is 1. The van der Waals surface area contributed by atoms with Crippen LogP contribution in [0.3, 0.4) is 0 Å². The molecule has 0 aromatic carbocycles. The Morgan fingerprint density at radius 3 is 2.56 bits per heavy atom. The lowest BCUT2D eigenvalue weighted by Gasteiger charge is -2.43. The molecule has 0 spiro atoms. The van der Waals surface area contributed by atoms with Crippen molar-refractivity contribution in [2.75, 3.05) is 19.7 Å². The molecule has 4 rings (SSSR count). The van der Waals surface area contributed by atoms with E-state index in [2.05, 4.69) is 18.8 Å². The van der Waals surface area contributed by atoms with Crippen LogP contribution >= 0.6 is 0 Å². The number of carbonyl (C=O) groups is 2. The minimum atomic E-state index is -0.636. The van der Waals surface area contributed by atoms with Gasteiger partial charge in [0.25, 0.3) is 5.91 Å². The lowest BCUT2D eigenvalue weighted by Crippen LogP contribution is -2.56. The Labute approximate surface area is 160 Å². The molecule has 146 valence electrons. The minimum Gasteiger partial charge on any atom is -0.356 e. The molecule has 6 heteroatoms. The number of morpholine rings is 1. The van der Waals surface area contributed by atoms with E-state index < -0.39 is 6.10 Å². The van der Waals surface area contributed by atoms with Crippen molar-refractivity contribution in [2.24, 2.45) is 11.8 Å². The monoisotopic (exact) mass is 371 g/mol. The maximum absolute atomic E-state index is 13.4. The molecule has 0 N–H and O–H groups in total. The van der Waals surface area contributed by atoms with E-state index in [0.717, 1.165) is 44.3 Å². The van der Waals surface area contributed by atoms with Gasteiger partial charge in [0.05, 0.1) is 6.04 Å². The SMILES string of the molecule is CC(C)C1CCN(C(=O)C2OCC(=O)N(C3CC3)C2c2cccnc2)CC1. The van der Waals surface area contributed by atoms with Crippen LogP contribution in [0.15, 0.2) is 24.5 Å². The normalized spacial score (nSPS) is 27.3. The van der Waals surface area contributed by atoms with Gasteiger partial charge in [0.15, 0.2) is 6.10 Å². The van der Waals surface area contributed by atoms with Gasteiger partial charge in [-0.2, -0.15) is 0 Å². The van der Waals surface area contributed by atoms with Crippen molar-refractivity contribution in [2.45, 2.75) is 57.7 Å². The zero-order valence-electron chi connectivity index (χ0n) is 16.2. The predicted molar refractivity (Wildman–Crippen MR) is 101 cm³/mol. The largest absolute Gasteiger partial charge is 0.356 e. The first-order valence-corrected chi connectivity index (χ1v) is 10.2. The minimum absolute atomic E-state index is 0.00781. The quantitative estimate of drug-likeness (QED) is 0.815. The van der Waals surface area contributed by atoms with Crippen LogP contribution in [0.1, 0.15) is 51.1 Å². The van der Waals surface area contributed by atoms with Crippen molar-refractivity contribution in [1.29, 1.82) is 0 Å². The first-order chi connectivity index (χ1) is 13.1. The summed E-state index contributed by atoms with van der Waals surface area (Å²) in [5.41, 5.74) is 0.882. The Morgan fingerprint density at radius 2 is 1.96 bits per heavy atom. The van der Waals surface area contributed by atoms with Crippen LogP contribution < -0.4 is 0 Å². The fourth-order valence-corrected chi connectivity index (χ4v) is 4.47. The summed E-state index contributed by atoms with van der Waals surface area (Å²) in [6.07, 6.45) is 6.92. The van der Waals surface area contributed by atoms with Gasteiger partial charge in [-0.3, -0.25) is 14.6 Å². The molecular formula is C21H29N3O3. The Balaban J connectivity index is 1.56. The highest BCUT2D eigenvalue weighted by molar-refractivity contribution is 5.87. The Hall–Kier alpha value is -1.95. The van der Waals surface area contributed by atoms with Crippen molar-refractivity contribution in [3.63, 3.8) is 0 Å². The third-order valence-electron chi connectivity index (χ3n) is 6.26. The van der Waals surface area contributed by atoms with Gasteiger partial charge in [-0.15, -0.1) is 0 Å². The fraction of sp³-hybridized carbons (Fsp3) is 0.667. The van der Waals surface area contributed by atoms with Gasteiger partial charge >= 0.3 is 0 Å². The molecule has 1 aromatic heterocycles. The number of hydrogen-bond acceptors (Lipinski definition) is 4. The highest BCUT2D eigenvalue weighted by Crippen LogP contribution is 2.40. The molecule has 2 amide bonds. The number of nitrogens with zero attached hydrogens (tertiary/aromatic N) is 3. The molecular weight excluding hydrogens is 342 g/mol. The summed E-state index contributed by atoms with van der Waals surface area (Å²) in [4.78, 5) is 34.0. The van der Waals surface area contributed by atoms with Gasteiger partial charge in [0, 0.05) is 31.5 Å². The summed E-state index contributed by atoms with van der Waals surface area (Å²) < 4.78 is 5.84. The lowest BCUT2D eigenvalue weighted by molar-refractivity contribution is -0.171. The number of ether oxygens (including phenoxy) is 1. The molecule has 27 heavy (non-hydrogen) atoms. The molecule has 2 unspecified atom stereocenters. The third kappa shape index (κ3) is 3.72.